The Morgan fingerprint density at radius 2 is 0.625 bits per heavy atom. The zero-order valence-electron chi connectivity index (χ0n) is 19.2. The first-order chi connectivity index (χ1) is 15.8. The van der Waals surface area contributed by atoms with Gasteiger partial charge in [-0.2, -0.15) is 0 Å². The van der Waals surface area contributed by atoms with Gasteiger partial charge in [-0.25, -0.2) is 0 Å². The van der Waals surface area contributed by atoms with Crippen molar-refractivity contribution in [2.45, 2.75) is 6.23 Å². The summed E-state index contributed by atoms with van der Waals surface area (Å²) in [5.74, 6) is 0. The lowest BCUT2D eigenvalue weighted by molar-refractivity contribution is -0.0279. The van der Waals surface area contributed by atoms with Gasteiger partial charge in [-0.15, -0.1) is 0 Å². The summed E-state index contributed by atoms with van der Waals surface area (Å²) in [4.78, 5) is 0. The average molecular weight is 474 g/mol. The number of aliphatic hydroxyl groups is 2. The van der Waals surface area contributed by atoms with Gasteiger partial charge in [0.1, 0.15) is 6.23 Å². The zero-order chi connectivity index (χ0) is 23.4. The highest BCUT2D eigenvalue weighted by Gasteiger charge is 1.96. The van der Waals surface area contributed by atoms with Crippen molar-refractivity contribution in [2.24, 2.45) is 5.73 Å². The Morgan fingerprint density at radius 3 is 0.844 bits per heavy atom. The first kappa shape index (κ1) is 31.5. The van der Waals surface area contributed by atoms with E-state index in [4.69, 9.17) is 58.6 Å². The summed E-state index contributed by atoms with van der Waals surface area (Å²) >= 11 is 0. The number of nitrogens with two attached hydrogens (primary N) is 1. The monoisotopic (exact) mass is 473 g/mol. The number of hydrogen-bond donors (Lipinski definition) is 3. The molecule has 32 heavy (non-hydrogen) atoms. The Balaban J connectivity index is 3.00. The molecule has 0 aliphatic carbocycles. The van der Waals surface area contributed by atoms with Crippen molar-refractivity contribution >= 4 is 0 Å². The fraction of sp³-hybridized carbons (Fsp3) is 1.00. The molecule has 0 saturated carbocycles. The quantitative estimate of drug-likeness (QED) is 0.0887. The van der Waals surface area contributed by atoms with E-state index < -0.39 is 6.23 Å². The molecule has 0 aromatic rings. The lowest BCUT2D eigenvalue weighted by atomic mass is 10.6. The van der Waals surface area contributed by atoms with Gasteiger partial charge < -0.3 is 58.6 Å². The van der Waals surface area contributed by atoms with Gasteiger partial charge in [-0.3, -0.25) is 0 Å². The molecule has 0 radical (unpaired) electrons. The van der Waals surface area contributed by atoms with Crippen LogP contribution in [0, 0.1) is 0 Å². The van der Waals surface area contributed by atoms with Crippen LogP contribution in [0.3, 0.4) is 0 Å². The molecule has 0 bridgehead atoms. The van der Waals surface area contributed by atoms with E-state index in [1.54, 1.807) is 0 Å². The molecule has 1 unspecified atom stereocenters. The standard InChI is InChI=1S/C20H43NO11/c21-20(23)19-32-18-17-31-16-15-30-14-13-29-12-11-28-10-9-27-8-7-26-6-5-25-4-3-24-2-1-22/h20,22-23H,1-19,21H2. The van der Waals surface area contributed by atoms with Crippen molar-refractivity contribution in [3.63, 3.8) is 0 Å². The second-order valence-electron chi connectivity index (χ2n) is 6.26. The summed E-state index contributed by atoms with van der Waals surface area (Å²) in [5.41, 5.74) is 5.13. The highest BCUT2D eigenvalue weighted by Crippen LogP contribution is 1.86. The van der Waals surface area contributed by atoms with E-state index >= 15 is 0 Å². The van der Waals surface area contributed by atoms with E-state index in [-0.39, 0.29) is 13.2 Å². The third-order valence-corrected chi connectivity index (χ3v) is 3.50. The van der Waals surface area contributed by atoms with Gasteiger partial charge in [0.05, 0.1) is 126 Å². The molecule has 12 heteroatoms. The van der Waals surface area contributed by atoms with Gasteiger partial charge in [0, 0.05) is 0 Å². The van der Waals surface area contributed by atoms with Crippen LogP contribution in [0.1, 0.15) is 0 Å². The Labute approximate surface area is 191 Å². The molecule has 4 N–H and O–H groups in total. The lowest BCUT2D eigenvalue weighted by Crippen LogP contribution is -2.26. The molecule has 0 fully saturated rings. The topological polar surface area (TPSA) is 150 Å². The van der Waals surface area contributed by atoms with E-state index in [2.05, 4.69) is 0 Å². The second kappa shape index (κ2) is 28.6. The Kier molecular flexibility index (Phi) is 28.1. The van der Waals surface area contributed by atoms with Crippen LogP contribution < -0.4 is 5.73 Å². The normalized spacial score (nSPS) is 12.5. The number of rotatable bonds is 28. The van der Waals surface area contributed by atoms with Crippen LogP contribution in [0.4, 0.5) is 0 Å². The maximum atomic E-state index is 8.80. The maximum absolute atomic E-state index is 8.80. The van der Waals surface area contributed by atoms with Crippen LogP contribution in [0.2, 0.25) is 0 Å². The van der Waals surface area contributed by atoms with Crippen LogP contribution in [0.5, 0.6) is 0 Å². The smallest absolute Gasteiger partial charge is 0.126 e. The predicted molar refractivity (Wildman–Crippen MR) is 115 cm³/mol. The average Bonchev–Trinajstić information content (AvgIpc) is 2.78. The Morgan fingerprint density at radius 1 is 0.406 bits per heavy atom. The van der Waals surface area contributed by atoms with Gasteiger partial charge in [0.25, 0.3) is 0 Å². The van der Waals surface area contributed by atoms with E-state index in [0.29, 0.717) is 112 Å². The third kappa shape index (κ3) is 29.5. The number of hydrogen-bond acceptors (Lipinski definition) is 12. The summed E-state index contributed by atoms with van der Waals surface area (Å²) in [6, 6.07) is 0. The molecule has 0 aromatic heterocycles. The molecule has 1 atom stereocenters. The molecule has 0 spiro atoms. The highest BCUT2D eigenvalue weighted by molar-refractivity contribution is 4.40. The van der Waals surface area contributed by atoms with Crippen LogP contribution in [0.25, 0.3) is 0 Å². The minimum Gasteiger partial charge on any atom is -0.394 e. The predicted octanol–water partition coefficient (Wildman–Crippen LogP) is -1.59. The molecule has 0 aliphatic rings. The summed E-state index contributed by atoms with van der Waals surface area (Å²) in [6.45, 7) is 8.19. The molecule has 0 heterocycles. The lowest BCUT2D eigenvalue weighted by Gasteiger charge is -2.09. The Bertz CT molecular complexity index is 341. The van der Waals surface area contributed by atoms with Crippen LogP contribution in [-0.2, 0) is 42.6 Å². The molecule has 0 saturated heterocycles. The second-order valence-corrected chi connectivity index (χ2v) is 6.26. The number of ether oxygens (including phenoxy) is 9. The van der Waals surface area contributed by atoms with Gasteiger partial charge in [0.2, 0.25) is 0 Å². The molecule has 194 valence electrons. The molecular weight excluding hydrogens is 430 g/mol. The Hall–Kier alpha value is -0.480. The minimum atomic E-state index is -0.949. The number of aliphatic hydroxyl groups excluding tert-OH is 2. The van der Waals surface area contributed by atoms with Crippen molar-refractivity contribution in [2.75, 3.05) is 126 Å². The molecule has 0 amide bonds. The van der Waals surface area contributed by atoms with Gasteiger partial charge in [-0.05, 0) is 0 Å². The first-order valence-electron chi connectivity index (χ1n) is 11.0. The van der Waals surface area contributed by atoms with Crippen molar-refractivity contribution < 1.29 is 52.8 Å². The highest BCUT2D eigenvalue weighted by atomic mass is 16.6. The van der Waals surface area contributed by atoms with Crippen LogP contribution >= 0.6 is 0 Å². The fourth-order valence-corrected chi connectivity index (χ4v) is 2.03. The maximum Gasteiger partial charge on any atom is 0.126 e. The molecule has 12 nitrogen and oxygen atoms in total. The molecular formula is C20H43NO11. The summed E-state index contributed by atoms with van der Waals surface area (Å²) < 4.78 is 47.6. The van der Waals surface area contributed by atoms with Crippen molar-refractivity contribution in [3.8, 4) is 0 Å². The minimum absolute atomic E-state index is 0.0252. The van der Waals surface area contributed by atoms with E-state index in [1.807, 2.05) is 0 Å². The van der Waals surface area contributed by atoms with Gasteiger partial charge in [0.15, 0.2) is 0 Å². The largest absolute Gasteiger partial charge is 0.394 e. The van der Waals surface area contributed by atoms with Crippen molar-refractivity contribution in [1.82, 2.24) is 0 Å². The summed E-state index contributed by atoms with van der Waals surface area (Å²) in [7, 11) is 0. The van der Waals surface area contributed by atoms with Gasteiger partial charge >= 0.3 is 0 Å². The molecule has 0 aliphatic heterocycles. The van der Waals surface area contributed by atoms with Crippen molar-refractivity contribution in [1.29, 1.82) is 0 Å². The van der Waals surface area contributed by atoms with Crippen molar-refractivity contribution in [3.05, 3.63) is 0 Å². The summed E-state index contributed by atoms with van der Waals surface area (Å²) in [5, 5.41) is 17.3. The van der Waals surface area contributed by atoms with Crippen LogP contribution in [-0.4, -0.2) is 142 Å². The molecule has 0 rings (SSSR count). The first-order valence-corrected chi connectivity index (χ1v) is 11.0. The van der Waals surface area contributed by atoms with Gasteiger partial charge in [-0.1, -0.05) is 0 Å². The zero-order valence-corrected chi connectivity index (χ0v) is 19.2. The third-order valence-electron chi connectivity index (χ3n) is 3.50. The summed E-state index contributed by atoms with van der Waals surface area (Å²) in [6.07, 6.45) is -0.949. The van der Waals surface area contributed by atoms with E-state index in [1.165, 1.54) is 0 Å². The SMILES string of the molecule is NC(O)COCCOCCOCCOCCOCCOCCOCCOCCOCCO. The van der Waals surface area contributed by atoms with E-state index in [9.17, 15) is 0 Å². The van der Waals surface area contributed by atoms with E-state index in [0.717, 1.165) is 0 Å². The fourth-order valence-electron chi connectivity index (χ4n) is 2.03. The molecule has 0 aromatic carbocycles. The van der Waals surface area contributed by atoms with Crippen LogP contribution in [0.15, 0.2) is 0 Å².